The van der Waals surface area contributed by atoms with Gasteiger partial charge in [-0.2, -0.15) is 0 Å². The maximum absolute atomic E-state index is 11.8. The van der Waals surface area contributed by atoms with Crippen molar-refractivity contribution < 1.29 is 4.79 Å². The van der Waals surface area contributed by atoms with Crippen LogP contribution in [0, 0.1) is 10.8 Å². The van der Waals surface area contributed by atoms with E-state index in [4.69, 9.17) is 0 Å². The molecule has 0 bridgehead atoms. The second-order valence-electron chi connectivity index (χ2n) is 5.64. The summed E-state index contributed by atoms with van der Waals surface area (Å²) >= 11 is 0. The zero-order valence-electron chi connectivity index (χ0n) is 9.22. The van der Waals surface area contributed by atoms with Gasteiger partial charge in [0.25, 0.3) is 0 Å². The van der Waals surface area contributed by atoms with Crippen LogP contribution in [0.4, 0.5) is 0 Å². The average molecular weight is 218 g/mol. The van der Waals surface area contributed by atoms with E-state index in [0.717, 1.165) is 0 Å². The third-order valence-electron chi connectivity index (χ3n) is 2.64. The van der Waals surface area contributed by atoms with Crippen LogP contribution in [0.1, 0.15) is 41.5 Å². The molecular formula is C10H18OS2. The van der Waals surface area contributed by atoms with Crippen molar-refractivity contribution in [3.05, 3.63) is 0 Å². The fourth-order valence-electron chi connectivity index (χ4n) is 2.15. The zero-order valence-corrected chi connectivity index (χ0v) is 10.9. The lowest BCUT2D eigenvalue weighted by Gasteiger charge is -2.55. The Labute approximate surface area is 88.8 Å². The van der Waals surface area contributed by atoms with Gasteiger partial charge in [-0.1, -0.05) is 52.3 Å². The highest BCUT2D eigenvalue weighted by Crippen LogP contribution is 2.67. The maximum Gasteiger partial charge on any atom is 0.217 e. The lowest BCUT2D eigenvalue weighted by molar-refractivity contribution is -0.119. The van der Waals surface area contributed by atoms with Crippen molar-refractivity contribution in [1.82, 2.24) is 0 Å². The highest BCUT2D eigenvalue weighted by Gasteiger charge is 2.63. The monoisotopic (exact) mass is 218 g/mol. The Balaban J connectivity index is 3.12. The molecule has 0 aromatic carbocycles. The van der Waals surface area contributed by atoms with Crippen molar-refractivity contribution in [2.24, 2.45) is 10.8 Å². The van der Waals surface area contributed by atoms with E-state index in [0.29, 0.717) is 5.12 Å². The SMILES string of the molecule is CC(C)(C)C1(C(C)(C)C)SSC1=O. The van der Waals surface area contributed by atoms with Crippen molar-refractivity contribution in [2.75, 3.05) is 0 Å². The van der Waals surface area contributed by atoms with Gasteiger partial charge in [-0.3, -0.25) is 4.79 Å². The molecule has 3 heteroatoms. The molecule has 0 spiro atoms. The van der Waals surface area contributed by atoms with Gasteiger partial charge in [-0.15, -0.1) is 0 Å². The van der Waals surface area contributed by atoms with Gasteiger partial charge in [0.2, 0.25) is 5.12 Å². The summed E-state index contributed by atoms with van der Waals surface area (Å²) in [4.78, 5) is 11.8. The summed E-state index contributed by atoms with van der Waals surface area (Å²) in [5.41, 5.74) is 0.0799. The van der Waals surface area contributed by atoms with Gasteiger partial charge in [0.05, 0.1) is 0 Å². The molecule has 13 heavy (non-hydrogen) atoms. The van der Waals surface area contributed by atoms with Crippen molar-refractivity contribution in [2.45, 2.75) is 46.3 Å². The fraction of sp³-hybridized carbons (Fsp3) is 0.900. The van der Waals surface area contributed by atoms with E-state index >= 15 is 0 Å². The quantitative estimate of drug-likeness (QED) is 0.577. The lowest BCUT2D eigenvalue weighted by atomic mass is 9.66. The number of hydrogen-bond acceptors (Lipinski definition) is 3. The van der Waals surface area contributed by atoms with Crippen LogP contribution in [0.25, 0.3) is 0 Å². The van der Waals surface area contributed by atoms with Crippen LogP contribution >= 0.6 is 21.6 Å². The Kier molecular flexibility index (Phi) is 2.58. The van der Waals surface area contributed by atoms with Gasteiger partial charge in [-0.25, -0.2) is 0 Å². The minimum Gasteiger partial charge on any atom is -0.285 e. The maximum atomic E-state index is 11.8. The van der Waals surface area contributed by atoms with Gasteiger partial charge in [0.1, 0.15) is 4.75 Å². The molecule has 1 saturated heterocycles. The molecule has 0 aromatic rings. The van der Waals surface area contributed by atoms with Crippen LogP contribution < -0.4 is 0 Å². The summed E-state index contributed by atoms with van der Waals surface area (Å²) in [6.45, 7) is 12.9. The van der Waals surface area contributed by atoms with Crippen LogP contribution in [0.2, 0.25) is 0 Å². The normalized spacial score (nSPS) is 22.8. The Morgan fingerprint density at radius 3 is 1.38 bits per heavy atom. The first-order valence-electron chi connectivity index (χ1n) is 4.53. The first-order chi connectivity index (χ1) is 5.63. The molecule has 1 aliphatic rings. The average Bonchev–Trinajstić information content (AvgIpc) is 1.77. The summed E-state index contributed by atoms with van der Waals surface area (Å²) in [5.74, 6) is 0. The van der Waals surface area contributed by atoms with E-state index in [1.54, 1.807) is 10.8 Å². The van der Waals surface area contributed by atoms with Crippen molar-refractivity contribution in [3.63, 3.8) is 0 Å². The van der Waals surface area contributed by atoms with Gasteiger partial charge in [-0.05, 0) is 21.6 Å². The lowest BCUT2D eigenvalue weighted by Crippen LogP contribution is -2.58. The second kappa shape index (κ2) is 2.93. The number of carbonyl (C=O) groups excluding carboxylic acids is 1. The van der Waals surface area contributed by atoms with Crippen LogP contribution in [0.3, 0.4) is 0 Å². The first kappa shape index (κ1) is 11.4. The molecular weight excluding hydrogens is 200 g/mol. The molecule has 1 nitrogen and oxygen atoms in total. The molecule has 0 N–H and O–H groups in total. The first-order valence-corrected chi connectivity index (χ1v) is 6.68. The molecule has 0 radical (unpaired) electrons. The number of carbonyl (C=O) groups is 1. The molecule has 0 saturated carbocycles. The highest BCUT2D eigenvalue weighted by atomic mass is 33.1. The molecule has 0 aromatic heterocycles. The van der Waals surface area contributed by atoms with Crippen molar-refractivity contribution >= 4 is 26.7 Å². The van der Waals surface area contributed by atoms with Gasteiger partial charge in [0, 0.05) is 0 Å². The smallest absolute Gasteiger partial charge is 0.217 e. The van der Waals surface area contributed by atoms with E-state index in [-0.39, 0.29) is 15.6 Å². The summed E-state index contributed by atoms with van der Waals surface area (Å²) < 4.78 is -0.204. The summed E-state index contributed by atoms with van der Waals surface area (Å²) in [6, 6.07) is 0. The van der Waals surface area contributed by atoms with Gasteiger partial charge >= 0.3 is 0 Å². The Morgan fingerprint density at radius 1 is 1.00 bits per heavy atom. The largest absolute Gasteiger partial charge is 0.285 e. The second-order valence-corrected chi connectivity index (χ2v) is 7.95. The van der Waals surface area contributed by atoms with E-state index < -0.39 is 0 Å². The van der Waals surface area contributed by atoms with Gasteiger partial charge < -0.3 is 0 Å². The molecule has 0 atom stereocenters. The minimum absolute atomic E-state index is 0.0399. The van der Waals surface area contributed by atoms with Crippen molar-refractivity contribution in [3.8, 4) is 0 Å². The molecule has 1 fully saturated rings. The summed E-state index contributed by atoms with van der Waals surface area (Å²) in [7, 11) is 3.14. The summed E-state index contributed by atoms with van der Waals surface area (Å²) in [5, 5.41) is 0.345. The van der Waals surface area contributed by atoms with E-state index in [2.05, 4.69) is 41.5 Å². The van der Waals surface area contributed by atoms with Crippen LogP contribution in [0.5, 0.6) is 0 Å². The van der Waals surface area contributed by atoms with E-state index in [1.807, 2.05) is 0 Å². The van der Waals surface area contributed by atoms with Crippen LogP contribution in [-0.4, -0.2) is 9.86 Å². The minimum atomic E-state index is -0.204. The zero-order chi connectivity index (χ0) is 10.5. The molecule has 1 aliphatic heterocycles. The van der Waals surface area contributed by atoms with Crippen LogP contribution in [-0.2, 0) is 4.79 Å². The van der Waals surface area contributed by atoms with E-state index in [1.165, 1.54) is 10.8 Å². The molecule has 0 amide bonds. The van der Waals surface area contributed by atoms with Crippen molar-refractivity contribution in [1.29, 1.82) is 0 Å². The predicted octanol–water partition coefficient (Wildman–Crippen LogP) is 3.74. The molecule has 0 aliphatic carbocycles. The Hall–Kier alpha value is 0.370. The Bertz CT molecular complexity index is 218. The third kappa shape index (κ3) is 1.44. The Morgan fingerprint density at radius 2 is 1.38 bits per heavy atom. The van der Waals surface area contributed by atoms with Gasteiger partial charge in [0.15, 0.2) is 0 Å². The number of hydrogen-bond donors (Lipinski definition) is 0. The predicted molar refractivity (Wildman–Crippen MR) is 61.8 cm³/mol. The molecule has 0 unspecified atom stereocenters. The topological polar surface area (TPSA) is 17.1 Å². The highest BCUT2D eigenvalue weighted by molar-refractivity contribution is 8.87. The third-order valence-corrected chi connectivity index (χ3v) is 6.43. The van der Waals surface area contributed by atoms with E-state index in [9.17, 15) is 4.79 Å². The molecule has 1 rings (SSSR count). The van der Waals surface area contributed by atoms with Crippen LogP contribution in [0.15, 0.2) is 0 Å². The fourth-order valence-corrected chi connectivity index (χ4v) is 6.03. The molecule has 1 heterocycles. The molecule has 76 valence electrons. The number of rotatable bonds is 0. The standard InChI is InChI=1S/C10H18OS2/c1-8(2,3)10(9(4,5)6)7(11)12-13-10/h1-6H3. The summed E-state index contributed by atoms with van der Waals surface area (Å²) in [6.07, 6.45) is 0.